The summed E-state index contributed by atoms with van der Waals surface area (Å²) < 4.78 is 7.70. The molecule has 0 amide bonds. The minimum atomic E-state index is -0.190. The van der Waals surface area contributed by atoms with Crippen molar-refractivity contribution in [2.75, 3.05) is 19.7 Å². The number of benzene rings is 1. The van der Waals surface area contributed by atoms with Gasteiger partial charge in [0.15, 0.2) is 6.04 Å². The van der Waals surface area contributed by atoms with E-state index in [-0.39, 0.29) is 17.7 Å². The van der Waals surface area contributed by atoms with Gasteiger partial charge in [-0.15, -0.1) is 5.10 Å². The lowest BCUT2D eigenvalue weighted by atomic mass is 9.98. The maximum atomic E-state index is 13.4. The Morgan fingerprint density at radius 3 is 2.77 bits per heavy atom. The van der Waals surface area contributed by atoms with E-state index in [9.17, 15) is 4.79 Å². The standard InChI is InChI=1S/C23H30N6O2/c1-15-8-9-16(2)20-18(15)13-19(23(30)24-20)21(28-10-4-3-5-11-28)22-25-26-27-29(22)14-17-7-6-12-31-17/h8-9,13,17,21H,3-7,10-12,14H2,1-2H3,(H,24,30)/p+1/t17-,21-/m1/s1. The zero-order chi connectivity index (χ0) is 21.4. The number of rotatable bonds is 5. The number of nitrogens with zero attached hydrogens (tertiary/aromatic N) is 4. The molecule has 2 N–H and O–H groups in total. The van der Waals surface area contributed by atoms with Crippen molar-refractivity contribution in [1.82, 2.24) is 25.2 Å². The summed E-state index contributed by atoms with van der Waals surface area (Å²) in [5.74, 6) is 0.766. The first-order chi connectivity index (χ1) is 15.1. The van der Waals surface area contributed by atoms with E-state index < -0.39 is 0 Å². The number of piperidine rings is 1. The van der Waals surface area contributed by atoms with Gasteiger partial charge in [-0.05, 0) is 73.6 Å². The monoisotopic (exact) mass is 423 g/mol. The van der Waals surface area contributed by atoms with Gasteiger partial charge >= 0.3 is 0 Å². The van der Waals surface area contributed by atoms with Gasteiger partial charge in [0.05, 0.1) is 36.8 Å². The molecule has 2 saturated heterocycles. The van der Waals surface area contributed by atoms with E-state index in [1.54, 1.807) is 0 Å². The van der Waals surface area contributed by atoms with Crippen molar-refractivity contribution in [3.63, 3.8) is 0 Å². The van der Waals surface area contributed by atoms with Gasteiger partial charge in [-0.2, -0.15) is 0 Å². The van der Waals surface area contributed by atoms with Crippen molar-refractivity contribution >= 4 is 10.9 Å². The number of tetrazole rings is 1. The molecule has 8 nitrogen and oxygen atoms in total. The Bertz CT molecular complexity index is 1120. The van der Waals surface area contributed by atoms with Crippen LogP contribution in [0.1, 0.15) is 60.7 Å². The van der Waals surface area contributed by atoms with Crippen LogP contribution in [0.2, 0.25) is 0 Å². The predicted octanol–water partition coefficient (Wildman–Crippen LogP) is 1.47. The first-order valence-corrected chi connectivity index (χ1v) is 11.5. The molecule has 0 saturated carbocycles. The zero-order valence-electron chi connectivity index (χ0n) is 18.4. The van der Waals surface area contributed by atoms with Gasteiger partial charge in [0, 0.05) is 12.0 Å². The smallest absolute Gasteiger partial charge is 0.258 e. The summed E-state index contributed by atoms with van der Waals surface area (Å²) in [6.45, 7) is 7.59. The van der Waals surface area contributed by atoms with Crippen LogP contribution in [0.15, 0.2) is 23.0 Å². The number of hydrogen-bond acceptors (Lipinski definition) is 5. The fourth-order valence-electron chi connectivity index (χ4n) is 5.17. The van der Waals surface area contributed by atoms with Gasteiger partial charge in [-0.3, -0.25) is 4.79 Å². The van der Waals surface area contributed by atoms with Crippen molar-refractivity contribution in [3.05, 3.63) is 51.1 Å². The second kappa shape index (κ2) is 8.51. The molecule has 0 spiro atoms. The highest BCUT2D eigenvalue weighted by Gasteiger charge is 2.35. The third kappa shape index (κ3) is 3.90. The molecule has 0 bridgehead atoms. The number of fused-ring (bicyclic) bond motifs is 1. The maximum absolute atomic E-state index is 13.4. The van der Waals surface area contributed by atoms with Gasteiger partial charge in [0.2, 0.25) is 5.82 Å². The van der Waals surface area contributed by atoms with Crippen LogP contribution < -0.4 is 10.5 Å². The molecule has 3 aromatic rings. The van der Waals surface area contributed by atoms with Gasteiger partial charge in [0.25, 0.3) is 5.56 Å². The van der Waals surface area contributed by atoms with Gasteiger partial charge < -0.3 is 14.6 Å². The summed E-state index contributed by atoms with van der Waals surface area (Å²) in [6.07, 6.45) is 5.79. The number of pyridine rings is 1. The second-order valence-electron chi connectivity index (χ2n) is 9.05. The summed E-state index contributed by atoms with van der Waals surface area (Å²) in [5, 5.41) is 13.8. The first kappa shape index (κ1) is 20.3. The van der Waals surface area contributed by atoms with Crippen LogP contribution >= 0.6 is 0 Å². The Morgan fingerprint density at radius 1 is 1.19 bits per heavy atom. The van der Waals surface area contributed by atoms with Crippen LogP contribution in [-0.2, 0) is 11.3 Å². The van der Waals surface area contributed by atoms with Crippen LogP contribution in [0.5, 0.6) is 0 Å². The summed E-state index contributed by atoms with van der Waals surface area (Å²) in [4.78, 5) is 17.9. The first-order valence-electron chi connectivity index (χ1n) is 11.5. The number of aromatic nitrogens is 5. The van der Waals surface area contributed by atoms with E-state index in [1.807, 2.05) is 11.6 Å². The topological polar surface area (TPSA) is 90.1 Å². The number of hydrogen-bond donors (Lipinski definition) is 2. The molecule has 2 atom stereocenters. The Hall–Kier alpha value is -2.58. The molecule has 5 rings (SSSR count). The third-order valence-corrected chi connectivity index (χ3v) is 6.91. The van der Waals surface area contributed by atoms with Crippen molar-refractivity contribution in [3.8, 4) is 0 Å². The Balaban J connectivity index is 1.63. The predicted molar refractivity (Wildman–Crippen MR) is 117 cm³/mol. The molecule has 0 unspecified atom stereocenters. The van der Waals surface area contributed by atoms with E-state index in [2.05, 4.69) is 45.6 Å². The SMILES string of the molecule is Cc1ccc(C)c2[nH]c(=O)c([C@H](c3nnnn3C[C@H]3CCCO3)[NH+]3CCCCC3)cc12. The molecule has 164 valence electrons. The highest BCUT2D eigenvalue weighted by atomic mass is 16.5. The Morgan fingerprint density at radius 2 is 2.00 bits per heavy atom. The fraction of sp³-hybridized carbons (Fsp3) is 0.565. The normalized spacial score (nSPS) is 21.0. The molecule has 0 radical (unpaired) electrons. The second-order valence-corrected chi connectivity index (χ2v) is 9.05. The number of nitrogens with one attached hydrogen (secondary N) is 2. The molecule has 2 aromatic heterocycles. The molecule has 1 aromatic carbocycles. The largest absolute Gasteiger partial charge is 0.376 e. The minimum absolute atomic E-state index is 0.0454. The van der Waals surface area contributed by atoms with Crippen LogP contribution in [-0.4, -0.2) is 51.0 Å². The van der Waals surface area contributed by atoms with E-state index in [0.29, 0.717) is 6.54 Å². The highest BCUT2D eigenvalue weighted by Crippen LogP contribution is 2.24. The lowest BCUT2D eigenvalue weighted by Gasteiger charge is -2.31. The lowest BCUT2D eigenvalue weighted by Crippen LogP contribution is -3.13. The van der Waals surface area contributed by atoms with Crippen LogP contribution in [0.25, 0.3) is 10.9 Å². The van der Waals surface area contributed by atoms with Crippen molar-refractivity contribution < 1.29 is 9.64 Å². The molecule has 2 fully saturated rings. The molecule has 8 heteroatoms. The quantitative estimate of drug-likeness (QED) is 0.649. The molecule has 2 aliphatic heterocycles. The average Bonchev–Trinajstić information content (AvgIpc) is 3.46. The minimum Gasteiger partial charge on any atom is -0.376 e. The van der Waals surface area contributed by atoms with E-state index in [0.717, 1.165) is 78.8 Å². The highest BCUT2D eigenvalue weighted by molar-refractivity contribution is 5.85. The van der Waals surface area contributed by atoms with Crippen LogP contribution in [0.3, 0.4) is 0 Å². The molecule has 4 heterocycles. The number of ether oxygens (including phenoxy) is 1. The molecular formula is C23H31N6O2+. The van der Waals surface area contributed by atoms with Crippen LogP contribution in [0.4, 0.5) is 0 Å². The van der Waals surface area contributed by atoms with E-state index in [4.69, 9.17) is 4.74 Å². The fourth-order valence-corrected chi connectivity index (χ4v) is 5.17. The van der Waals surface area contributed by atoms with Crippen molar-refractivity contribution in [2.45, 2.75) is 64.6 Å². The van der Waals surface area contributed by atoms with E-state index >= 15 is 0 Å². The third-order valence-electron chi connectivity index (χ3n) is 6.91. The summed E-state index contributed by atoms with van der Waals surface area (Å²) >= 11 is 0. The van der Waals surface area contributed by atoms with Crippen molar-refractivity contribution in [2.24, 2.45) is 0 Å². The number of quaternary nitrogens is 1. The summed E-state index contributed by atoms with van der Waals surface area (Å²) in [5.41, 5.74) is 3.86. The number of H-pyrrole nitrogens is 1. The molecule has 0 aliphatic carbocycles. The summed E-state index contributed by atoms with van der Waals surface area (Å²) in [6, 6.07) is 6.06. The van der Waals surface area contributed by atoms with Gasteiger partial charge in [0.1, 0.15) is 0 Å². The van der Waals surface area contributed by atoms with E-state index in [1.165, 1.54) is 11.3 Å². The molecular weight excluding hydrogens is 392 g/mol. The van der Waals surface area contributed by atoms with Crippen LogP contribution in [0, 0.1) is 13.8 Å². The summed E-state index contributed by atoms with van der Waals surface area (Å²) in [7, 11) is 0. The average molecular weight is 424 g/mol. The lowest BCUT2D eigenvalue weighted by molar-refractivity contribution is -0.931. The Labute approximate surface area is 181 Å². The zero-order valence-corrected chi connectivity index (χ0v) is 18.4. The van der Waals surface area contributed by atoms with Crippen molar-refractivity contribution in [1.29, 1.82) is 0 Å². The number of likely N-dealkylation sites (tertiary alicyclic amines) is 1. The van der Waals surface area contributed by atoms with Gasteiger partial charge in [-0.1, -0.05) is 12.1 Å². The number of aryl methyl sites for hydroxylation is 2. The van der Waals surface area contributed by atoms with Gasteiger partial charge in [-0.25, -0.2) is 4.68 Å². The maximum Gasteiger partial charge on any atom is 0.258 e. The molecule has 2 aliphatic rings. The number of aromatic amines is 1. The Kier molecular flexibility index (Phi) is 5.58. The molecule has 31 heavy (non-hydrogen) atoms.